The van der Waals surface area contributed by atoms with Crippen LogP contribution in [0, 0.1) is 5.82 Å². The molecule has 0 saturated carbocycles. The van der Waals surface area contributed by atoms with E-state index in [1.54, 1.807) is 24.3 Å². The molecule has 0 aliphatic heterocycles. The summed E-state index contributed by atoms with van der Waals surface area (Å²) >= 11 is 5.86. The van der Waals surface area contributed by atoms with Gasteiger partial charge in [-0.15, -0.1) is 0 Å². The third kappa shape index (κ3) is 4.07. The normalized spacial score (nSPS) is 12.0. The van der Waals surface area contributed by atoms with Crippen LogP contribution in [-0.4, -0.2) is 15.0 Å². The summed E-state index contributed by atoms with van der Waals surface area (Å²) in [5.41, 5.74) is 0.0592. The van der Waals surface area contributed by atoms with Gasteiger partial charge in [-0.3, -0.25) is 14.2 Å². The van der Waals surface area contributed by atoms with Crippen LogP contribution in [0.25, 0.3) is 16.6 Å². The van der Waals surface area contributed by atoms with Crippen LogP contribution in [0.15, 0.2) is 82.4 Å². The Hall–Kier alpha value is -3.71. The van der Waals surface area contributed by atoms with Crippen molar-refractivity contribution >= 4 is 28.4 Å². The summed E-state index contributed by atoms with van der Waals surface area (Å²) in [6, 6.07) is 19.2. The van der Waals surface area contributed by atoms with Crippen LogP contribution in [0.4, 0.5) is 4.39 Å². The van der Waals surface area contributed by atoms with Crippen LogP contribution in [-0.2, 0) is 11.3 Å². The Morgan fingerprint density at radius 3 is 2.44 bits per heavy atom. The molecule has 32 heavy (non-hydrogen) atoms. The average molecular weight is 452 g/mol. The highest BCUT2D eigenvalue weighted by Gasteiger charge is 2.18. The van der Waals surface area contributed by atoms with Crippen molar-refractivity contribution in [2.75, 3.05) is 0 Å². The maximum atomic E-state index is 13.6. The number of hydrogen-bond donors (Lipinski definition) is 1. The van der Waals surface area contributed by atoms with Crippen molar-refractivity contribution in [3.8, 4) is 5.69 Å². The summed E-state index contributed by atoms with van der Waals surface area (Å²) in [6.07, 6.45) is 0. The number of carbonyl (C=O) groups excluding carboxylic acids is 1. The number of rotatable bonds is 5. The molecule has 1 atom stereocenters. The van der Waals surface area contributed by atoms with E-state index in [9.17, 15) is 18.8 Å². The number of nitrogens with one attached hydrogen (secondary N) is 1. The molecule has 1 aromatic heterocycles. The molecule has 0 aliphatic rings. The van der Waals surface area contributed by atoms with E-state index in [-0.39, 0.29) is 28.7 Å². The molecule has 6 nitrogen and oxygen atoms in total. The molecular formula is C24H19ClFN3O3. The topological polar surface area (TPSA) is 73.1 Å². The van der Waals surface area contributed by atoms with E-state index in [1.807, 2.05) is 37.3 Å². The minimum Gasteiger partial charge on any atom is -0.348 e. The summed E-state index contributed by atoms with van der Waals surface area (Å²) in [4.78, 5) is 39.2. The van der Waals surface area contributed by atoms with Crippen LogP contribution in [0.3, 0.4) is 0 Å². The van der Waals surface area contributed by atoms with Gasteiger partial charge in [0.2, 0.25) is 5.91 Å². The quantitative estimate of drug-likeness (QED) is 0.501. The highest BCUT2D eigenvalue weighted by molar-refractivity contribution is 6.30. The molecule has 0 unspecified atom stereocenters. The molecule has 1 N–H and O–H groups in total. The van der Waals surface area contributed by atoms with Crippen LogP contribution in [0.1, 0.15) is 18.5 Å². The molecule has 162 valence electrons. The molecular weight excluding hydrogens is 433 g/mol. The first-order valence-electron chi connectivity index (χ1n) is 9.91. The van der Waals surface area contributed by atoms with Gasteiger partial charge in [0.25, 0.3) is 5.56 Å². The van der Waals surface area contributed by atoms with E-state index in [0.29, 0.717) is 5.52 Å². The molecule has 0 aliphatic carbocycles. The molecule has 0 radical (unpaired) electrons. The van der Waals surface area contributed by atoms with Crippen molar-refractivity contribution < 1.29 is 9.18 Å². The van der Waals surface area contributed by atoms with Crippen LogP contribution >= 0.6 is 11.6 Å². The van der Waals surface area contributed by atoms with E-state index >= 15 is 0 Å². The SMILES string of the molecule is C[C@@H](NC(=O)Cn1c(=O)n(-c2ccc(F)c(Cl)c2)c(=O)c2ccccc21)c1ccccc1. The number of halogens is 2. The lowest BCUT2D eigenvalue weighted by molar-refractivity contribution is -0.122. The Bertz CT molecular complexity index is 1430. The van der Waals surface area contributed by atoms with Gasteiger partial charge in [0.05, 0.1) is 27.7 Å². The number of carbonyl (C=O) groups is 1. The number of aromatic nitrogens is 2. The Labute approximate surface area is 187 Å². The molecule has 1 amide bonds. The fourth-order valence-corrected chi connectivity index (χ4v) is 3.76. The van der Waals surface area contributed by atoms with Crippen molar-refractivity contribution in [3.63, 3.8) is 0 Å². The van der Waals surface area contributed by atoms with Gasteiger partial charge in [-0.2, -0.15) is 0 Å². The first kappa shape index (κ1) is 21.5. The first-order chi connectivity index (χ1) is 15.4. The Morgan fingerprint density at radius 1 is 1.03 bits per heavy atom. The van der Waals surface area contributed by atoms with Crippen molar-refractivity contribution in [1.29, 1.82) is 0 Å². The van der Waals surface area contributed by atoms with Gasteiger partial charge in [0, 0.05) is 0 Å². The van der Waals surface area contributed by atoms with Gasteiger partial charge in [-0.05, 0) is 42.8 Å². The summed E-state index contributed by atoms with van der Waals surface area (Å²) in [5, 5.41) is 2.90. The number of para-hydroxylation sites is 1. The molecule has 0 saturated heterocycles. The lowest BCUT2D eigenvalue weighted by atomic mass is 10.1. The van der Waals surface area contributed by atoms with E-state index in [0.717, 1.165) is 16.2 Å². The summed E-state index contributed by atoms with van der Waals surface area (Å²) < 4.78 is 15.7. The minimum absolute atomic E-state index is 0.115. The van der Waals surface area contributed by atoms with Gasteiger partial charge in [-0.25, -0.2) is 13.8 Å². The van der Waals surface area contributed by atoms with E-state index < -0.39 is 23.0 Å². The smallest absolute Gasteiger partial charge is 0.336 e. The molecule has 0 spiro atoms. The molecule has 4 aromatic rings. The Kier molecular flexibility index (Phi) is 5.92. The van der Waals surface area contributed by atoms with Crippen molar-refractivity contribution in [2.45, 2.75) is 19.5 Å². The first-order valence-corrected chi connectivity index (χ1v) is 10.3. The predicted molar refractivity (Wildman–Crippen MR) is 122 cm³/mol. The lowest BCUT2D eigenvalue weighted by Gasteiger charge is -2.17. The largest absolute Gasteiger partial charge is 0.348 e. The van der Waals surface area contributed by atoms with E-state index in [4.69, 9.17) is 11.6 Å². The summed E-state index contributed by atoms with van der Waals surface area (Å²) in [5.74, 6) is -1.06. The number of hydrogen-bond acceptors (Lipinski definition) is 3. The minimum atomic E-state index is -0.723. The molecule has 1 heterocycles. The van der Waals surface area contributed by atoms with Gasteiger partial charge >= 0.3 is 5.69 Å². The summed E-state index contributed by atoms with van der Waals surface area (Å²) in [6.45, 7) is 1.54. The fraction of sp³-hybridized carbons (Fsp3) is 0.125. The van der Waals surface area contributed by atoms with Crippen LogP contribution < -0.4 is 16.6 Å². The van der Waals surface area contributed by atoms with Gasteiger partial charge in [0.1, 0.15) is 12.4 Å². The zero-order valence-electron chi connectivity index (χ0n) is 17.1. The van der Waals surface area contributed by atoms with E-state index in [1.165, 1.54) is 16.7 Å². The van der Waals surface area contributed by atoms with Crippen molar-refractivity contribution in [1.82, 2.24) is 14.5 Å². The van der Waals surface area contributed by atoms with Crippen molar-refractivity contribution in [2.24, 2.45) is 0 Å². The molecule has 8 heteroatoms. The predicted octanol–water partition coefficient (Wildman–Crippen LogP) is 3.82. The number of amides is 1. The highest BCUT2D eigenvalue weighted by atomic mass is 35.5. The molecule has 3 aromatic carbocycles. The average Bonchev–Trinajstić information content (AvgIpc) is 2.79. The van der Waals surface area contributed by atoms with Gasteiger partial charge < -0.3 is 5.32 Å². The van der Waals surface area contributed by atoms with Gasteiger partial charge in [-0.1, -0.05) is 54.1 Å². The lowest BCUT2D eigenvalue weighted by Crippen LogP contribution is -2.42. The second kappa shape index (κ2) is 8.80. The zero-order chi connectivity index (χ0) is 22.8. The maximum absolute atomic E-state index is 13.6. The fourth-order valence-electron chi connectivity index (χ4n) is 3.58. The zero-order valence-corrected chi connectivity index (χ0v) is 17.8. The monoisotopic (exact) mass is 451 g/mol. The van der Waals surface area contributed by atoms with E-state index in [2.05, 4.69) is 5.32 Å². The summed E-state index contributed by atoms with van der Waals surface area (Å²) in [7, 11) is 0. The van der Waals surface area contributed by atoms with Crippen LogP contribution in [0.2, 0.25) is 5.02 Å². The second-order valence-corrected chi connectivity index (χ2v) is 7.73. The third-order valence-electron chi connectivity index (χ3n) is 5.19. The maximum Gasteiger partial charge on any atom is 0.336 e. The third-order valence-corrected chi connectivity index (χ3v) is 5.48. The number of nitrogens with zero attached hydrogens (tertiary/aromatic N) is 2. The highest BCUT2D eigenvalue weighted by Crippen LogP contribution is 2.18. The Morgan fingerprint density at radius 2 is 1.72 bits per heavy atom. The Balaban J connectivity index is 1.79. The number of fused-ring (bicyclic) bond motifs is 1. The molecule has 0 fully saturated rings. The number of benzene rings is 3. The molecule has 4 rings (SSSR count). The second-order valence-electron chi connectivity index (χ2n) is 7.32. The van der Waals surface area contributed by atoms with Gasteiger partial charge in [0.15, 0.2) is 0 Å². The standard InChI is InChI=1S/C24H19ClFN3O3/c1-15(16-7-3-2-4-8-16)27-22(30)14-28-21-10-6-5-9-18(21)23(31)29(24(28)32)17-11-12-20(26)19(25)13-17/h2-13,15H,14H2,1H3,(H,27,30)/t15-/m1/s1. The van der Waals surface area contributed by atoms with Crippen LogP contribution in [0.5, 0.6) is 0 Å². The molecule has 0 bridgehead atoms. The van der Waals surface area contributed by atoms with Crippen molar-refractivity contribution in [3.05, 3.63) is 110 Å².